The Bertz CT molecular complexity index is 811. The van der Waals surface area contributed by atoms with E-state index in [-0.39, 0.29) is 11.5 Å². The number of sulfonamides is 1. The fourth-order valence-corrected chi connectivity index (χ4v) is 3.91. The van der Waals surface area contributed by atoms with Gasteiger partial charge in [-0.05, 0) is 26.8 Å². The molecule has 0 radical (unpaired) electrons. The molecule has 0 aliphatic rings. The van der Waals surface area contributed by atoms with Crippen molar-refractivity contribution in [2.75, 3.05) is 6.61 Å². The van der Waals surface area contributed by atoms with Crippen molar-refractivity contribution < 1.29 is 17.9 Å². The summed E-state index contributed by atoms with van der Waals surface area (Å²) in [6.07, 6.45) is 3.37. The van der Waals surface area contributed by atoms with Crippen LogP contribution in [0.5, 0.6) is 0 Å². The topological polar surface area (TPSA) is 108 Å². The number of carbonyl (C=O) groups is 1. The van der Waals surface area contributed by atoms with Crippen molar-refractivity contribution in [3.8, 4) is 0 Å². The number of aryl methyl sites for hydroxylation is 2. The predicted molar refractivity (Wildman–Crippen MR) is 85.7 cm³/mol. The highest BCUT2D eigenvalue weighted by Gasteiger charge is 2.28. The molecule has 0 aromatic carbocycles. The van der Waals surface area contributed by atoms with Crippen molar-refractivity contribution >= 4 is 16.0 Å². The highest BCUT2D eigenvalue weighted by Crippen LogP contribution is 2.18. The summed E-state index contributed by atoms with van der Waals surface area (Å²) < 4.78 is 35.5. The normalized spacial score (nSPS) is 13.0. The van der Waals surface area contributed by atoms with Gasteiger partial charge in [0.2, 0.25) is 10.0 Å². The van der Waals surface area contributed by atoms with Crippen LogP contribution in [0.2, 0.25) is 0 Å². The molecule has 0 unspecified atom stereocenters. The standard InChI is InChI=1S/C14H21N5O4S/c1-10-13(12(3)18(4)16-10)24(21,22)17-11(2)14(20)23-9-8-19-7-5-6-15-19/h5-7,11,17H,8-9H2,1-4H3/t11-/m1/s1. The quantitative estimate of drug-likeness (QED) is 0.708. The lowest BCUT2D eigenvalue weighted by atomic mass is 10.4. The highest BCUT2D eigenvalue weighted by atomic mass is 32.2. The molecule has 0 bridgehead atoms. The van der Waals surface area contributed by atoms with Gasteiger partial charge in [0.25, 0.3) is 0 Å². The van der Waals surface area contributed by atoms with E-state index in [0.29, 0.717) is 17.9 Å². The van der Waals surface area contributed by atoms with E-state index in [1.165, 1.54) is 11.6 Å². The summed E-state index contributed by atoms with van der Waals surface area (Å²) in [4.78, 5) is 12.0. The molecule has 1 N–H and O–H groups in total. The first-order valence-electron chi connectivity index (χ1n) is 7.39. The summed E-state index contributed by atoms with van der Waals surface area (Å²) in [5.74, 6) is -0.648. The number of aromatic nitrogens is 4. The van der Waals surface area contributed by atoms with E-state index in [1.807, 2.05) is 0 Å². The molecule has 0 aliphatic carbocycles. The minimum absolute atomic E-state index is 0.0844. The Labute approximate surface area is 140 Å². The number of esters is 1. The van der Waals surface area contributed by atoms with Crippen LogP contribution in [-0.2, 0) is 33.1 Å². The van der Waals surface area contributed by atoms with Crippen molar-refractivity contribution in [3.05, 3.63) is 29.8 Å². The molecular formula is C14H21N5O4S. The Morgan fingerprint density at radius 2 is 2.12 bits per heavy atom. The molecule has 9 nitrogen and oxygen atoms in total. The maximum absolute atomic E-state index is 12.5. The molecule has 0 saturated carbocycles. The van der Waals surface area contributed by atoms with Gasteiger partial charge in [-0.1, -0.05) is 0 Å². The first-order chi connectivity index (χ1) is 11.2. The van der Waals surface area contributed by atoms with E-state index >= 15 is 0 Å². The minimum Gasteiger partial charge on any atom is -0.463 e. The molecule has 0 amide bonds. The lowest BCUT2D eigenvalue weighted by Gasteiger charge is -2.14. The molecular weight excluding hydrogens is 334 g/mol. The molecule has 24 heavy (non-hydrogen) atoms. The van der Waals surface area contributed by atoms with Crippen molar-refractivity contribution in [1.82, 2.24) is 24.3 Å². The van der Waals surface area contributed by atoms with Gasteiger partial charge in [-0.15, -0.1) is 0 Å². The molecule has 2 rings (SSSR count). The van der Waals surface area contributed by atoms with Crippen LogP contribution < -0.4 is 4.72 Å². The average molecular weight is 355 g/mol. The zero-order valence-corrected chi connectivity index (χ0v) is 14.9. The number of nitrogens with one attached hydrogen (secondary N) is 1. The van der Waals surface area contributed by atoms with Crippen molar-refractivity contribution in [1.29, 1.82) is 0 Å². The maximum atomic E-state index is 12.5. The van der Waals surface area contributed by atoms with E-state index in [0.717, 1.165) is 0 Å². The number of rotatable bonds is 7. The van der Waals surface area contributed by atoms with Crippen LogP contribution in [-0.4, -0.2) is 46.6 Å². The van der Waals surface area contributed by atoms with Crippen molar-refractivity contribution in [3.63, 3.8) is 0 Å². The average Bonchev–Trinajstić information content (AvgIpc) is 3.07. The molecule has 132 valence electrons. The summed E-state index contributed by atoms with van der Waals surface area (Å²) in [7, 11) is -2.20. The second-order valence-corrected chi connectivity index (χ2v) is 7.05. The first-order valence-corrected chi connectivity index (χ1v) is 8.87. The molecule has 2 aromatic heterocycles. The third-order valence-electron chi connectivity index (χ3n) is 3.52. The van der Waals surface area contributed by atoms with Crippen LogP contribution >= 0.6 is 0 Å². The van der Waals surface area contributed by atoms with E-state index in [4.69, 9.17) is 4.74 Å². The molecule has 1 atom stereocenters. The Kier molecular flexibility index (Phi) is 5.40. The third-order valence-corrected chi connectivity index (χ3v) is 5.31. The van der Waals surface area contributed by atoms with Gasteiger partial charge in [-0.2, -0.15) is 14.9 Å². The zero-order valence-electron chi connectivity index (χ0n) is 14.1. The summed E-state index contributed by atoms with van der Waals surface area (Å²) in [6, 6.07) is 0.753. The van der Waals surface area contributed by atoms with E-state index in [1.54, 1.807) is 44.0 Å². The SMILES string of the molecule is Cc1nn(C)c(C)c1S(=O)(=O)N[C@H](C)C(=O)OCCn1cccn1. The van der Waals surface area contributed by atoms with E-state index < -0.39 is 22.0 Å². The second-order valence-electron chi connectivity index (χ2n) is 5.40. The molecule has 2 aromatic rings. The van der Waals surface area contributed by atoms with Crippen LogP contribution in [0.25, 0.3) is 0 Å². The van der Waals surface area contributed by atoms with E-state index in [2.05, 4.69) is 14.9 Å². The van der Waals surface area contributed by atoms with Crippen LogP contribution in [0.1, 0.15) is 18.3 Å². The van der Waals surface area contributed by atoms with Gasteiger partial charge in [0, 0.05) is 19.4 Å². The summed E-state index contributed by atoms with van der Waals surface area (Å²) in [5.41, 5.74) is 0.876. The van der Waals surface area contributed by atoms with Gasteiger partial charge < -0.3 is 4.74 Å². The second kappa shape index (κ2) is 7.14. The van der Waals surface area contributed by atoms with Crippen LogP contribution in [0.15, 0.2) is 23.4 Å². The molecule has 0 fully saturated rings. The van der Waals surface area contributed by atoms with Gasteiger partial charge in [0.15, 0.2) is 0 Å². The summed E-state index contributed by atoms with van der Waals surface area (Å²) in [6.45, 7) is 5.21. The number of carbonyl (C=O) groups excluding carboxylic acids is 1. The molecule has 0 spiro atoms. The van der Waals surface area contributed by atoms with Crippen LogP contribution in [0, 0.1) is 13.8 Å². The summed E-state index contributed by atoms with van der Waals surface area (Å²) in [5, 5.41) is 8.06. The molecule has 0 saturated heterocycles. The largest absolute Gasteiger partial charge is 0.463 e. The van der Waals surface area contributed by atoms with Crippen molar-refractivity contribution in [2.45, 2.75) is 38.3 Å². The Balaban J connectivity index is 1.97. The van der Waals surface area contributed by atoms with Crippen LogP contribution in [0.3, 0.4) is 0 Å². The monoisotopic (exact) mass is 355 g/mol. The lowest BCUT2D eigenvalue weighted by Crippen LogP contribution is -2.40. The summed E-state index contributed by atoms with van der Waals surface area (Å²) >= 11 is 0. The number of hydrogen-bond donors (Lipinski definition) is 1. The Morgan fingerprint density at radius 3 is 2.67 bits per heavy atom. The number of nitrogens with zero attached hydrogens (tertiary/aromatic N) is 4. The van der Waals surface area contributed by atoms with Crippen LogP contribution in [0.4, 0.5) is 0 Å². The lowest BCUT2D eigenvalue weighted by molar-refractivity contribution is -0.145. The molecule has 2 heterocycles. The molecule has 0 aliphatic heterocycles. The fraction of sp³-hybridized carbons (Fsp3) is 0.500. The Morgan fingerprint density at radius 1 is 1.42 bits per heavy atom. The fourth-order valence-electron chi connectivity index (χ4n) is 2.28. The van der Waals surface area contributed by atoms with E-state index in [9.17, 15) is 13.2 Å². The van der Waals surface area contributed by atoms with Gasteiger partial charge in [-0.25, -0.2) is 8.42 Å². The zero-order chi connectivity index (χ0) is 17.9. The third kappa shape index (κ3) is 4.01. The van der Waals surface area contributed by atoms with Gasteiger partial charge in [0.1, 0.15) is 17.5 Å². The highest BCUT2D eigenvalue weighted by molar-refractivity contribution is 7.89. The predicted octanol–water partition coefficient (Wildman–Crippen LogP) is 0.144. The number of ether oxygens (including phenoxy) is 1. The van der Waals surface area contributed by atoms with Gasteiger partial charge in [0.05, 0.1) is 17.9 Å². The maximum Gasteiger partial charge on any atom is 0.323 e. The Hall–Kier alpha value is -2.20. The first kappa shape index (κ1) is 18.1. The van der Waals surface area contributed by atoms with Gasteiger partial charge >= 0.3 is 5.97 Å². The van der Waals surface area contributed by atoms with Gasteiger partial charge in [-0.3, -0.25) is 14.2 Å². The minimum atomic E-state index is -3.87. The number of hydrogen-bond acceptors (Lipinski definition) is 6. The molecule has 10 heteroatoms. The smallest absolute Gasteiger partial charge is 0.323 e. The van der Waals surface area contributed by atoms with Crippen molar-refractivity contribution in [2.24, 2.45) is 7.05 Å².